The average Bonchev–Trinajstić information content (AvgIpc) is 3.05. The smallest absolute Gasteiger partial charge is 0.259 e. The van der Waals surface area contributed by atoms with Gasteiger partial charge in [-0.1, -0.05) is 17.3 Å². The van der Waals surface area contributed by atoms with Gasteiger partial charge in [-0.25, -0.2) is 8.78 Å². The largest absolute Gasteiger partial charge is 0.334 e. The van der Waals surface area contributed by atoms with E-state index in [1.165, 1.54) is 24.3 Å². The zero-order valence-corrected chi connectivity index (χ0v) is 13.0. The van der Waals surface area contributed by atoms with Crippen molar-refractivity contribution in [1.29, 1.82) is 0 Å². The molecule has 0 aliphatic heterocycles. The molecule has 5 nitrogen and oxygen atoms in total. The fourth-order valence-electron chi connectivity index (χ4n) is 2.67. The van der Waals surface area contributed by atoms with Crippen LogP contribution in [-0.4, -0.2) is 15.1 Å². The number of H-pyrrole nitrogens is 1. The van der Waals surface area contributed by atoms with Crippen LogP contribution in [0.1, 0.15) is 5.56 Å². The molecule has 1 N–H and O–H groups in total. The molecule has 0 unspecified atom stereocenters. The van der Waals surface area contributed by atoms with E-state index in [1.807, 2.05) is 0 Å². The van der Waals surface area contributed by atoms with E-state index >= 15 is 0 Å². The van der Waals surface area contributed by atoms with Crippen LogP contribution in [0.2, 0.25) is 0 Å². The number of pyridine rings is 1. The molecule has 25 heavy (non-hydrogen) atoms. The molecule has 0 bridgehead atoms. The van der Waals surface area contributed by atoms with Gasteiger partial charge in [0.15, 0.2) is 0 Å². The fraction of sp³-hybridized carbons (Fsp3) is 0.0556. The van der Waals surface area contributed by atoms with Gasteiger partial charge in [0.2, 0.25) is 11.4 Å². The first-order valence-corrected chi connectivity index (χ1v) is 7.45. The highest BCUT2D eigenvalue weighted by Gasteiger charge is 2.17. The summed E-state index contributed by atoms with van der Waals surface area (Å²) in [7, 11) is 0. The Labute approximate surface area is 139 Å². The quantitative estimate of drug-likeness (QED) is 0.602. The summed E-state index contributed by atoms with van der Waals surface area (Å²) in [5.41, 5.74) is 0.889. The zero-order chi connectivity index (χ0) is 17.6. The van der Waals surface area contributed by atoms with Crippen LogP contribution in [0.4, 0.5) is 8.78 Å². The second-order valence-electron chi connectivity index (χ2n) is 5.60. The van der Waals surface area contributed by atoms with Crippen LogP contribution in [0.5, 0.6) is 0 Å². The number of nitrogens with one attached hydrogen (secondary N) is 1. The summed E-state index contributed by atoms with van der Waals surface area (Å²) >= 11 is 0. The van der Waals surface area contributed by atoms with Gasteiger partial charge >= 0.3 is 0 Å². The minimum Gasteiger partial charge on any atom is -0.334 e. The van der Waals surface area contributed by atoms with Gasteiger partial charge in [-0.2, -0.15) is 4.98 Å². The lowest BCUT2D eigenvalue weighted by atomic mass is 10.1. The summed E-state index contributed by atoms with van der Waals surface area (Å²) in [6.07, 6.45) is 0. The maximum Gasteiger partial charge on any atom is 0.259 e. The average molecular weight is 339 g/mol. The van der Waals surface area contributed by atoms with Crippen molar-refractivity contribution in [3.05, 3.63) is 70.0 Å². The number of fused-ring (bicyclic) bond motifs is 1. The summed E-state index contributed by atoms with van der Waals surface area (Å²) in [5, 5.41) is 4.35. The normalized spacial score (nSPS) is 11.2. The number of hydrogen-bond acceptors (Lipinski definition) is 4. The molecule has 2 aromatic carbocycles. The molecule has 0 aliphatic carbocycles. The highest BCUT2D eigenvalue weighted by molar-refractivity contribution is 5.92. The first-order valence-electron chi connectivity index (χ1n) is 7.45. The lowest BCUT2D eigenvalue weighted by Gasteiger charge is -2.02. The van der Waals surface area contributed by atoms with Gasteiger partial charge in [-0.05, 0) is 36.8 Å². The van der Waals surface area contributed by atoms with E-state index < -0.39 is 17.2 Å². The fourth-order valence-corrected chi connectivity index (χ4v) is 2.67. The summed E-state index contributed by atoms with van der Waals surface area (Å²) < 4.78 is 32.9. The Kier molecular flexibility index (Phi) is 3.42. The highest BCUT2D eigenvalue weighted by Crippen LogP contribution is 2.28. The molecule has 0 fully saturated rings. The van der Waals surface area contributed by atoms with E-state index in [2.05, 4.69) is 15.1 Å². The molecule has 0 spiro atoms. The van der Waals surface area contributed by atoms with Gasteiger partial charge in [0.05, 0.1) is 16.6 Å². The van der Waals surface area contributed by atoms with E-state index in [9.17, 15) is 13.6 Å². The Hall–Kier alpha value is -3.35. The van der Waals surface area contributed by atoms with Gasteiger partial charge in [0.25, 0.3) is 5.89 Å². The number of benzene rings is 2. The molecule has 0 aliphatic rings. The molecule has 0 saturated carbocycles. The molecular weight excluding hydrogens is 328 g/mol. The summed E-state index contributed by atoms with van der Waals surface area (Å²) in [5.74, 6) is -0.786. The van der Waals surface area contributed by atoms with Crippen molar-refractivity contribution in [2.45, 2.75) is 6.92 Å². The van der Waals surface area contributed by atoms with Crippen LogP contribution in [0.3, 0.4) is 0 Å². The van der Waals surface area contributed by atoms with Crippen molar-refractivity contribution in [2.24, 2.45) is 0 Å². The zero-order valence-electron chi connectivity index (χ0n) is 13.0. The SMILES string of the molecule is Cc1cccc(-c2noc(-c3cc(=O)[nH]c4cc(F)ccc34)n2)c1F. The van der Waals surface area contributed by atoms with Crippen molar-refractivity contribution >= 4 is 10.9 Å². The van der Waals surface area contributed by atoms with Crippen LogP contribution in [-0.2, 0) is 0 Å². The van der Waals surface area contributed by atoms with Gasteiger partial charge in [0.1, 0.15) is 11.6 Å². The van der Waals surface area contributed by atoms with E-state index in [0.717, 1.165) is 0 Å². The van der Waals surface area contributed by atoms with Gasteiger partial charge < -0.3 is 9.51 Å². The molecule has 0 saturated heterocycles. The monoisotopic (exact) mass is 339 g/mol. The van der Waals surface area contributed by atoms with Crippen LogP contribution in [0, 0.1) is 18.6 Å². The third kappa shape index (κ3) is 2.59. The molecule has 4 aromatic rings. The molecule has 0 atom stereocenters. The number of rotatable bonds is 2. The molecule has 0 radical (unpaired) electrons. The first kappa shape index (κ1) is 15.2. The third-order valence-electron chi connectivity index (χ3n) is 3.89. The Morgan fingerprint density at radius 1 is 1.08 bits per heavy atom. The number of aromatic nitrogens is 3. The number of hydrogen-bond donors (Lipinski definition) is 1. The third-order valence-corrected chi connectivity index (χ3v) is 3.89. The maximum atomic E-state index is 14.2. The van der Waals surface area contributed by atoms with Crippen LogP contribution in [0.15, 0.2) is 51.8 Å². The lowest BCUT2D eigenvalue weighted by Crippen LogP contribution is -2.05. The number of aromatic amines is 1. The van der Waals surface area contributed by atoms with Gasteiger partial charge in [0, 0.05) is 11.5 Å². The molecular formula is C18H11F2N3O2. The van der Waals surface area contributed by atoms with Gasteiger partial charge in [-0.15, -0.1) is 0 Å². The molecule has 2 heterocycles. The summed E-state index contributed by atoms with van der Waals surface area (Å²) in [6, 6.07) is 10.1. The predicted octanol–water partition coefficient (Wildman–Crippen LogP) is 3.83. The van der Waals surface area contributed by atoms with Crippen LogP contribution < -0.4 is 5.56 Å². The van der Waals surface area contributed by atoms with E-state index in [4.69, 9.17) is 4.52 Å². The van der Waals surface area contributed by atoms with Gasteiger partial charge in [-0.3, -0.25) is 4.79 Å². The first-order chi connectivity index (χ1) is 12.0. The Morgan fingerprint density at radius 3 is 2.76 bits per heavy atom. The van der Waals surface area contributed by atoms with E-state index in [-0.39, 0.29) is 17.3 Å². The van der Waals surface area contributed by atoms with Crippen molar-refractivity contribution in [2.75, 3.05) is 0 Å². The number of aryl methyl sites for hydroxylation is 1. The second kappa shape index (κ2) is 5.62. The molecule has 2 aromatic heterocycles. The lowest BCUT2D eigenvalue weighted by molar-refractivity contribution is 0.432. The molecule has 7 heteroatoms. The minimum absolute atomic E-state index is 0.0543. The molecule has 4 rings (SSSR count). The number of halogens is 2. The summed E-state index contributed by atoms with van der Waals surface area (Å²) in [4.78, 5) is 18.6. The van der Waals surface area contributed by atoms with Crippen molar-refractivity contribution in [3.63, 3.8) is 0 Å². The Balaban J connectivity index is 1.90. The van der Waals surface area contributed by atoms with Crippen LogP contribution in [0.25, 0.3) is 33.7 Å². The topological polar surface area (TPSA) is 71.8 Å². The van der Waals surface area contributed by atoms with Crippen molar-refractivity contribution in [1.82, 2.24) is 15.1 Å². The predicted molar refractivity (Wildman–Crippen MR) is 87.9 cm³/mol. The molecule has 0 amide bonds. The van der Waals surface area contributed by atoms with Crippen LogP contribution >= 0.6 is 0 Å². The second-order valence-corrected chi connectivity index (χ2v) is 5.60. The van der Waals surface area contributed by atoms with E-state index in [0.29, 0.717) is 22.0 Å². The highest BCUT2D eigenvalue weighted by atomic mass is 19.1. The summed E-state index contributed by atoms with van der Waals surface area (Å²) in [6.45, 7) is 1.64. The van der Waals surface area contributed by atoms with E-state index in [1.54, 1.807) is 25.1 Å². The number of nitrogens with zero attached hydrogens (tertiary/aromatic N) is 2. The Bertz CT molecular complexity index is 1160. The standard InChI is InChI=1S/C18H11F2N3O2/c1-9-3-2-4-12(16(9)20)17-22-18(25-23-17)13-8-15(24)21-14-7-10(19)5-6-11(13)14/h2-8H,1H3,(H,21,24). The van der Waals surface area contributed by atoms with Crippen molar-refractivity contribution < 1.29 is 13.3 Å². The maximum absolute atomic E-state index is 14.2. The molecule has 124 valence electrons. The minimum atomic E-state index is -0.478. The Morgan fingerprint density at radius 2 is 1.92 bits per heavy atom. The van der Waals surface area contributed by atoms with Crippen molar-refractivity contribution in [3.8, 4) is 22.8 Å².